The lowest BCUT2D eigenvalue weighted by Gasteiger charge is -2.10. The van der Waals surface area contributed by atoms with E-state index in [1.807, 2.05) is 11.4 Å². The van der Waals surface area contributed by atoms with Crippen LogP contribution in [0.4, 0.5) is 11.4 Å². The number of nitrogens with one attached hydrogen (secondary N) is 2. The Labute approximate surface area is 130 Å². The molecule has 0 atom stereocenters. The summed E-state index contributed by atoms with van der Waals surface area (Å²) >= 11 is 3.95. The van der Waals surface area contributed by atoms with Crippen molar-refractivity contribution >= 4 is 51.2 Å². The molecule has 1 heterocycles. The molecule has 0 aliphatic heterocycles. The van der Waals surface area contributed by atoms with Crippen LogP contribution in [-0.4, -0.2) is 5.91 Å². The molecular formula is C14H15IN2OS. The molecule has 2 rings (SSSR count). The maximum absolute atomic E-state index is 11.1. The molecule has 0 fully saturated rings. The maximum Gasteiger partial charge on any atom is 0.221 e. The van der Waals surface area contributed by atoms with Crippen molar-refractivity contribution < 1.29 is 4.79 Å². The molecule has 3 nitrogen and oxygen atoms in total. The first-order valence-electron chi connectivity index (χ1n) is 5.90. The summed E-state index contributed by atoms with van der Waals surface area (Å²) in [5.41, 5.74) is 3.25. The van der Waals surface area contributed by atoms with Crippen LogP contribution in [0.25, 0.3) is 0 Å². The highest BCUT2D eigenvalue weighted by molar-refractivity contribution is 14.1. The standard InChI is InChI=1S/C14H15IN2OS/c1-9-7-11(15)3-4-12(9)16-8-14-13(5-6-19-14)17-10(2)18/h3-7,16H,8H2,1-2H3,(H,17,18). The Balaban J connectivity index is 2.06. The first-order valence-corrected chi connectivity index (χ1v) is 7.86. The van der Waals surface area contributed by atoms with Gasteiger partial charge in [0, 0.05) is 21.1 Å². The third-order valence-corrected chi connectivity index (χ3v) is 4.28. The number of anilines is 2. The van der Waals surface area contributed by atoms with Crippen molar-refractivity contribution in [2.75, 3.05) is 10.6 Å². The second-order valence-corrected chi connectivity index (χ2v) is 6.50. The van der Waals surface area contributed by atoms with E-state index in [0.29, 0.717) is 6.54 Å². The summed E-state index contributed by atoms with van der Waals surface area (Å²) in [5.74, 6) is -0.0369. The number of hydrogen-bond acceptors (Lipinski definition) is 3. The van der Waals surface area contributed by atoms with Crippen molar-refractivity contribution in [2.24, 2.45) is 0 Å². The second-order valence-electron chi connectivity index (χ2n) is 4.25. The normalized spacial score (nSPS) is 10.3. The fourth-order valence-electron chi connectivity index (χ4n) is 1.78. The molecule has 0 saturated carbocycles. The van der Waals surface area contributed by atoms with Crippen molar-refractivity contribution in [3.8, 4) is 0 Å². The van der Waals surface area contributed by atoms with Gasteiger partial charge in [0.05, 0.1) is 12.2 Å². The number of amides is 1. The van der Waals surface area contributed by atoms with E-state index in [0.717, 1.165) is 16.3 Å². The summed E-state index contributed by atoms with van der Waals surface area (Å²) in [6.45, 7) is 4.33. The van der Waals surface area contributed by atoms with Crippen LogP contribution < -0.4 is 10.6 Å². The maximum atomic E-state index is 11.1. The first-order chi connectivity index (χ1) is 9.06. The van der Waals surface area contributed by atoms with Crippen molar-refractivity contribution in [2.45, 2.75) is 20.4 Å². The summed E-state index contributed by atoms with van der Waals surface area (Å²) in [4.78, 5) is 12.2. The summed E-state index contributed by atoms with van der Waals surface area (Å²) < 4.78 is 1.23. The van der Waals surface area contributed by atoms with Crippen LogP contribution in [0.15, 0.2) is 29.6 Å². The van der Waals surface area contributed by atoms with Crippen LogP contribution in [-0.2, 0) is 11.3 Å². The minimum absolute atomic E-state index is 0.0369. The van der Waals surface area contributed by atoms with Gasteiger partial charge in [-0.15, -0.1) is 11.3 Å². The number of aryl methyl sites for hydroxylation is 1. The molecule has 5 heteroatoms. The number of carbonyl (C=O) groups is 1. The monoisotopic (exact) mass is 386 g/mol. The Morgan fingerprint density at radius 1 is 1.32 bits per heavy atom. The number of thiophene rings is 1. The molecule has 0 aliphatic rings. The first kappa shape index (κ1) is 14.3. The molecule has 0 radical (unpaired) electrons. The Morgan fingerprint density at radius 2 is 2.11 bits per heavy atom. The highest BCUT2D eigenvalue weighted by Crippen LogP contribution is 2.25. The van der Waals surface area contributed by atoms with Crippen LogP contribution in [0.5, 0.6) is 0 Å². The average molecular weight is 386 g/mol. The summed E-state index contributed by atoms with van der Waals surface area (Å²) in [6, 6.07) is 8.25. The topological polar surface area (TPSA) is 41.1 Å². The number of halogens is 1. The number of hydrogen-bond donors (Lipinski definition) is 2. The minimum Gasteiger partial charge on any atom is -0.380 e. The Morgan fingerprint density at radius 3 is 2.79 bits per heavy atom. The molecule has 2 N–H and O–H groups in total. The molecule has 0 unspecified atom stereocenters. The quantitative estimate of drug-likeness (QED) is 0.773. The zero-order chi connectivity index (χ0) is 13.8. The number of benzene rings is 1. The molecule has 19 heavy (non-hydrogen) atoms. The van der Waals surface area contributed by atoms with Gasteiger partial charge in [0.15, 0.2) is 0 Å². The lowest BCUT2D eigenvalue weighted by atomic mass is 10.2. The van der Waals surface area contributed by atoms with Crippen LogP contribution in [0.3, 0.4) is 0 Å². The second kappa shape index (κ2) is 6.38. The van der Waals surface area contributed by atoms with Crippen molar-refractivity contribution in [3.63, 3.8) is 0 Å². The lowest BCUT2D eigenvalue weighted by molar-refractivity contribution is -0.114. The van der Waals surface area contributed by atoms with Gasteiger partial charge >= 0.3 is 0 Å². The van der Waals surface area contributed by atoms with E-state index in [-0.39, 0.29) is 5.91 Å². The molecule has 0 aliphatic carbocycles. The van der Waals surface area contributed by atoms with E-state index in [1.165, 1.54) is 16.1 Å². The van der Waals surface area contributed by atoms with E-state index in [2.05, 4.69) is 58.3 Å². The minimum atomic E-state index is -0.0369. The molecule has 0 saturated heterocycles. The molecule has 100 valence electrons. The smallest absolute Gasteiger partial charge is 0.221 e. The molecule has 1 amide bonds. The number of carbonyl (C=O) groups excluding carboxylic acids is 1. The molecule has 1 aromatic carbocycles. The SMILES string of the molecule is CC(=O)Nc1ccsc1CNc1ccc(I)cc1C. The van der Waals surface area contributed by atoms with Gasteiger partial charge in [-0.1, -0.05) is 0 Å². The number of rotatable bonds is 4. The Kier molecular flexibility index (Phi) is 4.81. The molecular weight excluding hydrogens is 371 g/mol. The third-order valence-electron chi connectivity index (χ3n) is 2.68. The molecule has 0 bridgehead atoms. The average Bonchev–Trinajstić information content (AvgIpc) is 2.74. The van der Waals surface area contributed by atoms with E-state index in [4.69, 9.17) is 0 Å². The van der Waals surface area contributed by atoms with Crippen LogP contribution in [0.2, 0.25) is 0 Å². The summed E-state index contributed by atoms with van der Waals surface area (Å²) in [7, 11) is 0. The molecule has 2 aromatic rings. The largest absolute Gasteiger partial charge is 0.380 e. The molecule has 1 aromatic heterocycles. The Hall–Kier alpha value is -1.08. The van der Waals surface area contributed by atoms with Gasteiger partial charge in [0.1, 0.15) is 0 Å². The van der Waals surface area contributed by atoms with Crippen molar-refractivity contribution in [1.82, 2.24) is 0 Å². The van der Waals surface area contributed by atoms with Crippen LogP contribution in [0, 0.1) is 10.5 Å². The highest BCUT2D eigenvalue weighted by Gasteiger charge is 2.06. The van der Waals surface area contributed by atoms with Gasteiger partial charge in [-0.05, 0) is 64.7 Å². The Bertz CT molecular complexity index is 595. The summed E-state index contributed by atoms with van der Waals surface area (Å²) in [6.07, 6.45) is 0. The van der Waals surface area contributed by atoms with Crippen molar-refractivity contribution in [3.05, 3.63) is 43.7 Å². The summed E-state index contributed by atoms with van der Waals surface area (Å²) in [5, 5.41) is 8.24. The van der Waals surface area contributed by atoms with E-state index < -0.39 is 0 Å². The fourth-order valence-corrected chi connectivity index (χ4v) is 3.20. The predicted octanol–water partition coefficient (Wildman–Crippen LogP) is 4.23. The lowest BCUT2D eigenvalue weighted by Crippen LogP contribution is -2.08. The van der Waals surface area contributed by atoms with Gasteiger partial charge < -0.3 is 10.6 Å². The van der Waals surface area contributed by atoms with E-state index in [9.17, 15) is 4.79 Å². The van der Waals surface area contributed by atoms with Crippen molar-refractivity contribution in [1.29, 1.82) is 0 Å². The molecule has 0 spiro atoms. The van der Waals surface area contributed by atoms with E-state index in [1.54, 1.807) is 11.3 Å². The highest BCUT2D eigenvalue weighted by atomic mass is 127. The van der Waals surface area contributed by atoms with Gasteiger partial charge in [-0.25, -0.2) is 0 Å². The van der Waals surface area contributed by atoms with E-state index >= 15 is 0 Å². The van der Waals surface area contributed by atoms with Gasteiger partial charge in [-0.3, -0.25) is 4.79 Å². The zero-order valence-corrected chi connectivity index (χ0v) is 13.8. The zero-order valence-electron chi connectivity index (χ0n) is 10.8. The predicted molar refractivity (Wildman–Crippen MR) is 89.8 cm³/mol. The fraction of sp³-hybridized carbons (Fsp3) is 0.214. The van der Waals surface area contributed by atoms with Gasteiger partial charge in [0.25, 0.3) is 0 Å². The van der Waals surface area contributed by atoms with Gasteiger partial charge in [-0.2, -0.15) is 0 Å². The van der Waals surface area contributed by atoms with Crippen LogP contribution >= 0.6 is 33.9 Å². The van der Waals surface area contributed by atoms with Crippen LogP contribution in [0.1, 0.15) is 17.4 Å². The van der Waals surface area contributed by atoms with Gasteiger partial charge in [0.2, 0.25) is 5.91 Å². The third kappa shape index (κ3) is 3.94.